The summed E-state index contributed by atoms with van der Waals surface area (Å²) in [5.74, 6) is 0. The summed E-state index contributed by atoms with van der Waals surface area (Å²) in [6.45, 7) is 0. The lowest BCUT2D eigenvalue weighted by atomic mass is 10.1. The smallest absolute Gasteiger partial charge is 0.0580 e. The van der Waals surface area contributed by atoms with Crippen LogP contribution in [0.1, 0.15) is 18.4 Å². The van der Waals surface area contributed by atoms with Crippen molar-refractivity contribution in [3.8, 4) is 0 Å². The van der Waals surface area contributed by atoms with Crippen molar-refractivity contribution in [2.45, 2.75) is 25.4 Å². The zero-order chi connectivity index (χ0) is 9.52. The summed E-state index contributed by atoms with van der Waals surface area (Å²) < 4.78 is 0. The maximum atomic E-state index is 9.61. The lowest BCUT2D eigenvalue weighted by Crippen LogP contribution is -2.10. The Kier molecular flexibility index (Phi) is 5.09. The quantitative estimate of drug-likeness (QED) is 0.788. The molecule has 1 aromatic rings. The zero-order valence-corrected chi connectivity index (χ0v) is 9.20. The number of hydrogen-bond acceptors (Lipinski definition) is 1. The summed E-state index contributed by atoms with van der Waals surface area (Å²) >= 11 is 3.35. The van der Waals surface area contributed by atoms with E-state index in [1.807, 2.05) is 18.2 Å². The van der Waals surface area contributed by atoms with Crippen molar-refractivity contribution < 1.29 is 5.11 Å². The highest BCUT2D eigenvalue weighted by Gasteiger charge is 2.03. The largest absolute Gasteiger partial charge is 0.393 e. The van der Waals surface area contributed by atoms with E-state index in [4.69, 9.17) is 0 Å². The van der Waals surface area contributed by atoms with Crippen LogP contribution in [0.5, 0.6) is 0 Å². The number of hydrogen-bond donors (Lipinski definition) is 1. The normalized spacial score (nSPS) is 12.8. The van der Waals surface area contributed by atoms with Gasteiger partial charge in [-0.2, -0.15) is 0 Å². The molecule has 0 aliphatic carbocycles. The van der Waals surface area contributed by atoms with Crippen molar-refractivity contribution >= 4 is 15.9 Å². The second-order valence-electron chi connectivity index (χ2n) is 3.17. The van der Waals surface area contributed by atoms with Crippen LogP contribution in [-0.4, -0.2) is 16.5 Å². The van der Waals surface area contributed by atoms with Gasteiger partial charge >= 0.3 is 0 Å². The number of alkyl halides is 1. The van der Waals surface area contributed by atoms with Crippen LogP contribution in [0.15, 0.2) is 30.3 Å². The van der Waals surface area contributed by atoms with Crippen molar-refractivity contribution in [1.82, 2.24) is 0 Å². The van der Waals surface area contributed by atoms with Crippen molar-refractivity contribution in [3.05, 3.63) is 35.9 Å². The topological polar surface area (TPSA) is 20.2 Å². The van der Waals surface area contributed by atoms with E-state index in [1.165, 1.54) is 5.56 Å². The fourth-order valence-electron chi connectivity index (χ4n) is 1.30. The van der Waals surface area contributed by atoms with E-state index in [1.54, 1.807) is 0 Å². The van der Waals surface area contributed by atoms with Crippen molar-refractivity contribution in [1.29, 1.82) is 0 Å². The van der Waals surface area contributed by atoms with Crippen molar-refractivity contribution in [3.63, 3.8) is 0 Å². The standard InChI is InChI=1S/C11H15BrO/c12-8-4-7-11(13)9-10-5-2-1-3-6-10/h1-3,5-6,11,13H,4,7-9H2. The molecule has 0 aliphatic rings. The molecule has 0 fully saturated rings. The Bertz CT molecular complexity index is 223. The number of aliphatic hydroxyl groups is 1. The summed E-state index contributed by atoms with van der Waals surface area (Å²) in [4.78, 5) is 0. The molecule has 1 nitrogen and oxygen atoms in total. The minimum Gasteiger partial charge on any atom is -0.393 e. The molecule has 0 saturated heterocycles. The molecule has 2 heteroatoms. The number of halogens is 1. The highest BCUT2D eigenvalue weighted by Crippen LogP contribution is 2.07. The van der Waals surface area contributed by atoms with E-state index < -0.39 is 0 Å². The summed E-state index contributed by atoms with van der Waals surface area (Å²) in [5.41, 5.74) is 1.21. The Labute approximate surface area is 87.9 Å². The van der Waals surface area contributed by atoms with Crippen LogP contribution in [0.3, 0.4) is 0 Å². The van der Waals surface area contributed by atoms with Gasteiger partial charge in [0.1, 0.15) is 0 Å². The van der Waals surface area contributed by atoms with Gasteiger partial charge in [0.2, 0.25) is 0 Å². The van der Waals surface area contributed by atoms with Gasteiger partial charge in [-0.1, -0.05) is 46.3 Å². The fraction of sp³-hybridized carbons (Fsp3) is 0.455. The van der Waals surface area contributed by atoms with Gasteiger partial charge in [0.15, 0.2) is 0 Å². The zero-order valence-electron chi connectivity index (χ0n) is 7.62. The van der Waals surface area contributed by atoms with Gasteiger partial charge in [-0.15, -0.1) is 0 Å². The molecule has 13 heavy (non-hydrogen) atoms. The van der Waals surface area contributed by atoms with Gasteiger partial charge in [-0.05, 0) is 24.8 Å². The lowest BCUT2D eigenvalue weighted by molar-refractivity contribution is 0.164. The van der Waals surface area contributed by atoms with Gasteiger partial charge in [0.05, 0.1) is 6.10 Å². The molecule has 0 amide bonds. The van der Waals surface area contributed by atoms with E-state index in [-0.39, 0.29) is 6.10 Å². The molecule has 0 aromatic heterocycles. The van der Waals surface area contributed by atoms with Crippen LogP contribution >= 0.6 is 15.9 Å². The number of aliphatic hydroxyl groups excluding tert-OH is 1. The minimum absolute atomic E-state index is 0.194. The predicted molar refractivity (Wildman–Crippen MR) is 59.2 cm³/mol. The molecule has 0 aliphatic heterocycles. The molecule has 0 saturated carbocycles. The Morgan fingerprint density at radius 2 is 1.92 bits per heavy atom. The first kappa shape index (κ1) is 10.7. The molecule has 0 spiro atoms. The monoisotopic (exact) mass is 242 g/mol. The van der Waals surface area contributed by atoms with Crippen molar-refractivity contribution in [2.75, 3.05) is 5.33 Å². The van der Waals surface area contributed by atoms with Gasteiger partial charge < -0.3 is 5.11 Å². The molecule has 1 aromatic carbocycles. The van der Waals surface area contributed by atoms with Crippen LogP contribution in [0.2, 0.25) is 0 Å². The van der Waals surface area contributed by atoms with E-state index >= 15 is 0 Å². The van der Waals surface area contributed by atoms with Crippen LogP contribution < -0.4 is 0 Å². The first-order chi connectivity index (χ1) is 6.33. The minimum atomic E-state index is -0.194. The molecular formula is C11H15BrO. The third-order valence-electron chi connectivity index (χ3n) is 1.99. The van der Waals surface area contributed by atoms with Crippen LogP contribution in [0, 0.1) is 0 Å². The molecule has 0 bridgehead atoms. The molecule has 1 N–H and O–H groups in total. The highest BCUT2D eigenvalue weighted by atomic mass is 79.9. The Hall–Kier alpha value is -0.340. The lowest BCUT2D eigenvalue weighted by Gasteiger charge is -2.08. The molecule has 0 radical (unpaired) electrons. The molecule has 1 unspecified atom stereocenters. The third-order valence-corrected chi connectivity index (χ3v) is 2.55. The third kappa shape index (κ3) is 4.44. The first-order valence-electron chi connectivity index (χ1n) is 4.61. The summed E-state index contributed by atoms with van der Waals surface area (Å²) in [6, 6.07) is 10.1. The average Bonchev–Trinajstić information content (AvgIpc) is 2.16. The SMILES string of the molecule is OC(CCCBr)Cc1ccccc1. The molecule has 0 heterocycles. The second kappa shape index (κ2) is 6.17. The summed E-state index contributed by atoms with van der Waals surface area (Å²) in [7, 11) is 0. The molecule has 72 valence electrons. The maximum Gasteiger partial charge on any atom is 0.0580 e. The van der Waals surface area contributed by atoms with Crippen LogP contribution in [-0.2, 0) is 6.42 Å². The van der Waals surface area contributed by atoms with E-state index in [9.17, 15) is 5.11 Å². The van der Waals surface area contributed by atoms with Gasteiger partial charge in [0.25, 0.3) is 0 Å². The molecular weight excluding hydrogens is 228 g/mol. The van der Waals surface area contributed by atoms with Crippen LogP contribution in [0.4, 0.5) is 0 Å². The second-order valence-corrected chi connectivity index (χ2v) is 3.97. The highest BCUT2D eigenvalue weighted by molar-refractivity contribution is 9.09. The predicted octanol–water partition coefficient (Wildman–Crippen LogP) is 2.77. The van der Waals surface area contributed by atoms with E-state index in [0.717, 1.165) is 24.6 Å². The van der Waals surface area contributed by atoms with Gasteiger partial charge in [-0.25, -0.2) is 0 Å². The van der Waals surface area contributed by atoms with Crippen LogP contribution in [0.25, 0.3) is 0 Å². The fourth-order valence-corrected chi connectivity index (χ4v) is 1.62. The van der Waals surface area contributed by atoms with E-state index in [2.05, 4.69) is 28.1 Å². The molecule has 1 rings (SSSR count). The summed E-state index contributed by atoms with van der Waals surface area (Å²) in [5, 5.41) is 10.6. The number of rotatable bonds is 5. The summed E-state index contributed by atoms with van der Waals surface area (Å²) in [6.07, 6.45) is 2.49. The Balaban J connectivity index is 2.32. The van der Waals surface area contributed by atoms with Gasteiger partial charge in [-0.3, -0.25) is 0 Å². The molecule has 1 atom stereocenters. The first-order valence-corrected chi connectivity index (χ1v) is 5.73. The maximum absolute atomic E-state index is 9.61. The average molecular weight is 243 g/mol. The Morgan fingerprint density at radius 1 is 1.23 bits per heavy atom. The van der Waals surface area contributed by atoms with Gasteiger partial charge in [0, 0.05) is 5.33 Å². The van der Waals surface area contributed by atoms with Crippen molar-refractivity contribution in [2.24, 2.45) is 0 Å². The number of benzene rings is 1. The van der Waals surface area contributed by atoms with E-state index in [0.29, 0.717) is 0 Å². The Morgan fingerprint density at radius 3 is 2.54 bits per heavy atom.